The van der Waals surface area contributed by atoms with Crippen LogP contribution < -0.4 is 20.1 Å². The molecule has 2 N–H and O–H groups in total. The van der Waals surface area contributed by atoms with Gasteiger partial charge in [0.25, 0.3) is 0 Å². The molecule has 8 nitrogen and oxygen atoms in total. The SMILES string of the molecule is CCc1nncn1CCNC(=NCc1cccc(OC)c1)NC1CCOc2ccccc21. The van der Waals surface area contributed by atoms with Gasteiger partial charge in [0.05, 0.1) is 26.3 Å². The molecule has 0 spiro atoms. The minimum Gasteiger partial charge on any atom is -0.497 e. The van der Waals surface area contributed by atoms with Crippen LogP contribution in [0, 0.1) is 0 Å². The van der Waals surface area contributed by atoms with Gasteiger partial charge in [-0.3, -0.25) is 0 Å². The fourth-order valence-electron chi connectivity index (χ4n) is 3.79. The van der Waals surface area contributed by atoms with Crippen LogP contribution >= 0.6 is 0 Å². The third-order valence-electron chi connectivity index (χ3n) is 5.48. The van der Waals surface area contributed by atoms with Crippen molar-refractivity contribution in [3.63, 3.8) is 0 Å². The Balaban J connectivity index is 1.48. The van der Waals surface area contributed by atoms with Gasteiger partial charge in [-0.25, -0.2) is 4.99 Å². The molecule has 1 unspecified atom stereocenters. The zero-order valence-corrected chi connectivity index (χ0v) is 18.6. The average molecular weight is 435 g/mol. The second kappa shape index (κ2) is 10.7. The number of para-hydroxylation sites is 1. The maximum atomic E-state index is 5.81. The van der Waals surface area contributed by atoms with Crippen molar-refractivity contribution in [2.75, 3.05) is 20.3 Å². The van der Waals surface area contributed by atoms with Crippen molar-refractivity contribution in [3.05, 3.63) is 71.8 Å². The van der Waals surface area contributed by atoms with E-state index in [0.717, 1.165) is 53.8 Å². The molecule has 1 aliphatic heterocycles. The van der Waals surface area contributed by atoms with Crippen LogP contribution in [0.25, 0.3) is 0 Å². The minimum absolute atomic E-state index is 0.137. The number of aliphatic imine (C=N–C) groups is 1. The third-order valence-corrected chi connectivity index (χ3v) is 5.48. The summed E-state index contributed by atoms with van der Waals surface area (Å²) in [6.07, 6.45) is 3.51. The first-order chi connectivity index (χ1) is 15.8. The Bertz CT molecular complexity index is 1050. The van der Waals surface area contributed by atoms with Crippen LogP contribution in [-0.2, 0) is 19.5 Å². The molecule has 1 atom stereocenters. The first-order valence-corrected chi connectivity index (χ1v) is 11.0. The predicted molar refractivity (Wildman–Crippen MR) is 124 cm³/mol. The maximum absolute atomic E-state index is 5.81. The standard InChI is InChI=1S/C24H30N6O2/c1-3-23-29-27-17-30(23)13-12-25-24(26-16-18-7-6-8-19(15-18)31-2)28-21-11-14-32-22-10-5-4-9-20(21)22/h4-10,15,17,21H,3,11-14,16H2,1-2H3,(H2,25,26,28). The molecule has 0 fully saturated rings. The summed E-state index contributed by atoms with van der Waals surface area (Å²) in [6.45, 7) is 4.78. The first-order valence-electron chi connectivity index (χ1n) is 11.0. The first kappa shape index (κ1) is 21.7. The fourth-order valence-corrected chi connectivity index (χ4v) is 3.79. The van der Waals surface area contributed by atoms with Crippen LogP contribution in [0.1, 0.15) is 36.3 Å². The largest absolute Gasteiger partial charge is 0.497 e. The van der Waals surface area contributed by atoms with Crippen LogP contribution in [0.15, 0.2) is 59.9 Å². The van der Waals surface area contributed by atoms with E-state index >= 15 is 0 Å². The van der Waals surface area contributed by atoms with Crippen LogP contribution in [0.4, 0.5) is 0 Å². The van der Waals surface area contributed by atoms with Gasteiger partial charge in [0, 0.05) is 31.5 Å². The summed E-state index contributed by atoms with van der Waals surface area (Å²) in [5.74, 6) is 3.51. The van der Waals surface area contributed by atoms with E-state index < -0.39 is 0 Å². The quantitative estimate of drug-likeness (QED) is 0.419. The monoisotopic (exact) mass is 434 g/mol. The lowest BCUT2D eigenvalue weighted by Crippen LogP contribution is -2.42. The average Bonchev–Trinajstić information content (AvgIpc) is 3.30. The van der Waals surface area contributed by atoms with E-state index in [-0.39, 0.29) is 6.04 Å². The number of benzene rings is 2. The zero-order chi connectivity index (χ0) is 22.2. The number of aromatic nitrogens is 3. The number of hydrogen-bond acceptors (Lipinski definition) is 5. The molecule has 32 heavy (non-hydrogen) atoms. The molecule has 2 heterocycles. The Labute approximate surface area is 188 Å². The van der Waals surface area contributed by atoms with Gasteiger partial charge in [0.1, 0.15) is 23.7 Å². The lowest BCUT2D eigenvalue weighted by Gasteiger charge is -2.28. The number of guanidine groups is 1. The number of nitrogens with zero attached hydrogens (tertiary/aromatic N) is 4. The number of methoxy groups -OCH3 is 1. The molecular formula is C24H30N6O2. The van der Waals surface area contributed by atoms with Gasteiger partial charge in [0.2, 0.25) is 0 Å². The highest BCUT2D eigenvalue weighted by Crippen LogP contribution is 2.31. The second-order valence-corrected chi connectivity index (χ2v) is 7.61. The van der Waals surface area contributed by atoms with Crippen molar-refractivity contribution in [1.82, 2.24) is 25.4 Å². The lowest BCUT2D eigenvalue weighted by molar-refractivity contribution is 0.261. The number of aryl methyl sites for hydroxylation is 1. The molecule has 0 saturated carbocycles. The molecule has 0 bridgehead atoms. The van der Waals surface area contributed by atoms with Gasteiger partial charge in [-0.1, -0.05) is 37.3 Å². The summed E-state index contributed by atoms with van der Waals surface area (Å²) >= 11 is 0. The number of hydrogen-bond donors (Lipinski definition) is 2. The van der Waals surface area contributed by atoms with E-state index in [1.807, 2.05) is 36.4 Å². The summed E-state index contributed by atoms with van der Waals surface area (Å²) in [6, 6.07) is 16.3. The molecule has 8 heteroatoms. The smallest absolute Gasteiger partial charge is 0.192 e. The molecule has 3 aromatic rings. The van der Waals surface area contributed by atoms with E-state index in [2.05, 4.69) is 44.5 Å². The topological polar surface area (TPSA) is 85.6 Å². The van der Waals surface area contributed by atoms with Crippen molar-refractivity contribution in [2.24, 2.45) is 4.99 Å². The van der Waals surface area contributed by atoms with E-state index in [9.17, 15) is 0 Å². The van der Waals surface area contributed by atoms with Crippen molar-refractivity contribution < 1.29 is 9.47 Å². The van der Waals surface area contributed by atoms with Gasteiger partial charge in [-0.15, -0.1) is 10.2 Å². The van der Waals surface area contributed by atoms with Gasteiger partial charge in [-0.2, -0.15) is 0 Å². The van der Waals surface area contributed by atoms with E-state index in [4.69, 9.17) is 14.5 Å². The summed E-state index contributed by atoms with van der Waals surface area (Å²) in [7, 11) is 1.68. The zero-order valence-electron chi connectivity index (χ0n) is 18.6. The lowest BCUT2D eigenvalue weighted by atomic mass is 10.0. The molecular weight excluding hydrogens is 404 g/mol. The molecule has 1 aliphatic rings. The van der Waals surface area contributed by atoms with Crippen molar-refractivity contribution in [2.45, 2.75) is 38.9 Å². The highest BCUT2D eigenvalue weighted by Gasteiger charge is 2.22. The summed E-state index contributed by atoms with van der Waals surface area (Å²) in [5.41, 5.74) is 2.24. The Morgan fingerprint density at radius 1 is 1.25 bits per heavy atom. The Morgan fingerprint density at radius 2 is 2.16 bits per heavy atom. The second-order valence-electron chi connectivity index (χ2n) is 7.61. The summed E-state index contributed by atoms with van der Waals surface area (Å²) in [5, 5.41) is 15.3. The van der Waals surface area contributed by atoms with Crippen LogP contribution in [0.2, 0.25) is 0 Å². The molecule has 0 aliphatic carbocycles. The van der Waals surface area contributed by atoms with E-state index in [0.29, 0.717) is 19.7 Å². The van der Waals surface area contributed by atoms with Gasteiger partial charge in [-0.05, 0) is 23.8 Å². The summed E-state index contributed by atoms with van der Waals surface area (Å²) < 4.78 is 13.2. The Hall–Kier alpha value is -3.55. The van der Waals surface area contributed by atoms with Crippen LogP contribution in [0.5, 0.6) is 11.5 Å². The Morgan fingerprint density at radius 3 is 3.03 bits per heavy atom. The highest BCUT2D eigenvalue weighted by molar-refractivity contribution is 5.80. The number of nitrogens with one attached hydrogen (secondary N) is 2. The van der Waals surface area contributed by atoms with Crippen LogP contribution in [-0.4, -0.2) is 41.0 Å². The fraction of sp³-hybridized carbons (Fsp3) is 0.375. The van der Waals surface area contributed by atoms with E-state index in [1.165, 1.54) is 0 Å². The normalized spacial score (nSPS) is 15.6. The molecule has 0 saturated heterocycles. The molecule has 2 aromatic carbocycles. The Kier molecular flexibility index (Phi) is 7.22. The highest BCUT2D eigenvalue weighted by atomic mass is 16.5. The van der Waals surface area contributed by atoms with Gasteiger partial charge in [0.15, 0.2) is 5.96 Å². The maximum Gasteiger partial charge on any atom is 0.192 e. The third kappa shape index (κ3) is 5.38. The number of ether oxygens (including phenoxy) is 2. The summed E-state index contributed by atoms with van der Waals surface area (Å²) in [4.78, 5) is 4.86. The van der Waals surface area contributed by atoms with Crippen LogP contribution in [0.3, 0.4) is 0 Å². The molecule has 1 aromatic heterocycles. The predicted octanol–water partition coefficient (Wildman–Crippen LogP) is 3.11. The van der Waals surface area contributed by atoms with Crippen molar-refractivity contribution in [3.8, 4) is 11.5 Å². The minimum atomic E-state index is 0.137. The number of rotatable bonds is 8. The molecule has 168 valence electrons. The van der Waals surface area contributed by atoms with Crippen molar-refractivity contribution in [1.29, 1.82) is 0 Å². The number of fused-ring (bicyclic) bond motifs is 1. The van der Waals surface area contributed by atoms with Gasteiger partial charge < -0.3 is 24.7 Å². The van der Waals surface area contributed by atoms with E-state index in [1.54, 1.807) is 13.4 Å². The molecule has 4 rings (SSSR count). The molecule has 0 amide bonds. The van der Waals surface area contributed by atoms with Crippen molar-refractivity contribution >= 4 is 5.96 Å². The van der Waals surface area contributed by atoms with Gasteiger partial charge >= 0.3 is 0 Å². The molecule has 0 radical (unpaired) electrons.